The Kier molecular flexibility index (Phi) is 4.80. The van der Waals surface area contributed by atoms with E-state index >= 15 is 0 Å². The molecule has 6 rings (SSSR count). The Morgan fingerprint density at radius 2 is 2.00 bits per heavy atom. The molecule has 1 N–H and O–H groups in total. The number of aromatic amines is 1. The third kappa shape index (κ3) is 3.58. The molecule has 3 heterocycles. The Morgan fingerprint density at radius 3 is 2.82 bits per heavy atom. The lowest BCUT2D eigenvalue weighted by Crippen LogP contribution is -2.36. The summed E-state index contributed by atoms with van der Waals surface area (Å²) in [5.41, 5.74) is 8.14. The highest BCUT2D eigenvalue weighted by Crippen LogP contribution is 2.44. The highest BCUT2D eigenvalue weighted by Gasteiger charge is 2.36. The molecule has 2 aliphatic heterocycles. The number of ether oxygens (including phenoxy) is 2. The molecule has 34 heavy (non-hydrogen) atoms. The SMILES string of the molecule is [B]c1ccc2c(c1)COc1cc3c(cc1-2)CCc1[nH]c([C@@H]2CCCN2C(=O)OC(C)(C)C)nc1-3. The molecule has 2 aromatic carbocycles. The van der Waals surface area contributed by atoms with Crippen LogP contribution in [0.2, 0.25) is 0 Å². The highest BCUT2D eigenvalue weighted by atomic mass is 16.6. The van der Waals surface area contributed by atoms with Crippen molar-refractivity contribution in [3.8, 4) is 28.1 Å². The van der Waals surface area contributed by atoms with Crippen LogP contribution in [0.15, 0.2) is 30.3 Å². The van der Waals surface area contributed by atoms with Gasteiger partial charge in [0.1, 0.15) is 31.6 Å². The molecule has 3 aliphatic rings. The van der Waals surface area contributed by atoms with Crippen LogP contribution in [0.25, 0.3) is 22.4 Å². The molecule has 172 valence electrons. The zero-order valence-corrected chi connectivity index (χ0v) is 19.9. The molecular formula is C27H28BN3O3. The Labute approximate surface area is 201 Å². The van der Waals surface area contributed by atoms with Crippen molar-refractivity contribution in [2.24, 2.45) is 0 Å². The van der Waals surface area contributed by atoms with Gasteiger partial charge in [-0.2, -0.15) is 0 Å². The van der Waals surface area contributed by atoms with Gasteiger partial charge in [-0.05, 0) is 75.3 Å². The predicted octanol–water partition coefficient (Wildman–Crippen LogP) is 4.60. The molecule has 3 aromatic rings. The minimum atomic E-state index is -0.519. The Balaban J connectivity index is 1.35. The number of nitrogens with zero attached hydrogens (tertiary/aromatic N) is 2. The molecule has 6 nitrogen and oxygen atoms in total. The second-order valence-electron chi connectivity index (χ2n) is 10.5. The van der Waals surface area contributed by atoms with E-state index in [1.807, 2.05) is 37.8 Å². The lowest BCUT2D eigenvalue weighted by atomic mass is 9.85. The fraction of sp³-hybridized carbons (Fsp3) is 0.407. The number of rotatable bonds is 1. The third-order valence-corrected chi connectivity index (χ3v) is 6.90. The predicted molar refractivity (Wildman–Crippen MR) is 132 cm³/mol. The Hall–Kier alpha value is -3.22. The van der Waals surface area contributed by atoms with E-state index in [9.17, 15) is 4.79 Å². The standard InChI is InChI=1S/C27H28BN3O3/c1-27(2,3)34-26(32)31-10-4-5-22(31)25-29-21-9-6-15-12-20-18-8-7-17(28)11-16(18)14-33-23(20)13-19(15)24(21)30-25/h7-8,11-13,22H,4-6,9-10,14H2,1-3H3,(H,29,30)/t22-/m0/s1. The number of benzene rings is 2. The summed E-state index contributed by atoms with van der Waals surface area (Å²) >= 11 is 0. The number of aryl methyl sites for hydroxylation is 2. The van der Waals surface area contributed by atoms with Gasteiger partial charge in [0.05, 0.1) is 11.7 Å². The van der Waals surface area contributed by atoms with Crippen LogP contribution in [-0.2, 0) is 24.2 Å². The van der Waals surface area contributed by atoms with E-state index in [4.69, 9.17) is 22.3 Å². The van der Waals surface area contributed by atoms with Crippen LogP contribution in [0.1, 0.15) is 62.3 Å². The second kappa shape index (κ2) is 7.65. The molecular weight excluding hydrogens is 425 g/mol. The number of carbonyl (C=O) groups is 1. The van der Waals surface area contributed by atoms with Gasteiger partial charge in [-0.1, -0.05) is 23.7 Å². The maximum absolute atomic E-state index is 12.8. The van der Waals surface area contributed by atoms with E-state index in [1.54, 1.807) is 0 Å². The van der Waals surface area contributed by atoms with Crippen molar-refractivity contribution in [2.45, 2.75) is 64.7 Å². The summed E-state index contributed by atoms with van der Waals surface area (Å²) in [6.45, 7) is 6.89. The van der Waals surface area contributed by atoms with Gasteiger partial charge in [0.15, 0.2) is 0 Å². The van der Waals surface area contributed by atoms with Crippen molar-refractivity contribution >= 4 is 19.4 Å². The van der Waals surface area contributed by atoms with Gasteiger partial charge in [0, 0.05) is 23.4 Å². The molecule has 1 aliphatic carbocycles. The van der Waals surface area contributed by atoms with Gasteiger partial charge in [0.25, 0.3) is 0 Å². The quantitative estimate of drug-likeness (QED) is 0.547. The van der Waals surface area contributed by atoms with Crippen LogP contribution in [0.5, 0.6) is 5.75 Å². The number of hydrogen-bond acceptors (Lipinski definition) is 4. The van der Waals surface area contributed by atoms with E-state index < -0.39 is 5.60 Å². The maximum Gasteiger partial charge on any atom is 0.410 e. The highest BCUT2D eigenvalue weighted by molar-refractivity contribution is 6.32. The number of H-pyrrole nitrogens is 1. The average Bonchev–Trinajstić information content (AvgIpc) is 3.43. The number of fused-ring (bicyclic) bond motifs is 6. The minimum absolute atomic E-state index is 0.0879. The van der Waals surface area contributed by atoms with E-state index in [0.29, 0.717) is 13.2 Å². The van der Waals surface area contributed by atoms with Crippen LogP contribution in [-0.4, -0.2) is 41.0 Å². The van der Waals surface area contributed by atoms with Gasteiger partial charge < -0.3 is 14.5 Å². The fourth-order valence-corrected chi connectivity index (χ4v) is 5.37. The zero-order chi connectivity index (χ0) is 23.6. The number of hydrogen-bond donors (Lipinski definition) is 1. The first kappa shape index (κ1) is 21.3. The van der Waals surface area contributed by atoms with Crippen LogP contribution >= 0.6 is 0 Å². The fourth-order valence-electron chi connectivity index (χ4n) is 5.37. The van der Waals surface area contributed by atoms with Crippen LogP contribution in [0.4, 0.5) is 4.79 Å². The summed E-state index contributed by atoms with van der Waals surface area (Å²) in [6, 6.07) is 10.3. The first-order valence-corrected chi connectivity index (χ1v) is 12.0. The van der Waals surface area contributed by atoms with Crippen molar-refractivity contribution in [1.29, 1.82) is 0 Å². The Bertz CT molecular complexity index is 1310. The molecule has 1 fully saturated rings. The smallest absolute Gasteiger partial charge is 0.410 e. The van der Waals surface area contributed by atoms with Crippen molar-refractivity contribution in [3.05, 3.63) is 53.0 Å². The van der Waals surface area contributed by atoms with Crippen LogP contribution in [0, 0.1) is 0 Å². The number of carbonyl (C=O) groups excluding carboxylic acids is 1. The maximum atomic E-state index is 12.8. The van der Waals surface area contributed by atoms with E-state index in [1.165, 1.54) is 11.1 Å². The van der Waals surface area contributed by atoms with Gasteiger partial charge in [-0.25, -0.2) is 9.78 Å². The number of nitrogens with one attached hydrogen (secondary N) is 1. The van der Waals surface area contributed by atoms with Gasteiger partial charge in [0.2, 0.25) is 0 Å². The second-order valence-corrected chi connectivity index (χ2v) is 10.5. The molecule has 0 spiro atoms. The van der Waals surface area contributed by atoms with Gasteiger partial charge in [-0.15, -0.1) is 0 Å². The first-order valence-electron chi connectivity index (χ1n) is 12.0. The summed E-state index contributed by atoms with van der Waals surface area (Å²) < 4.78 is 11.8. The van der Waals surface area contributed by atoms with E-state index in [2.05, 4.69) is 23.2 Å². The normalized spacial score (nSPS) is 18.4. The zero-order valence-electron chi connectivity index (χ0n) is 19.9. The molecule has 0 unspecified atom stereocenters. The van der Waals surface area contributed by atoms with Gasteiger partial charge >= 0.3 is 6.09 Å². The number of amides is 1. The minimum Gasteiger partial charge on any atom is -0.488 e. The van der Waals surface area contributed by atoms with Crippen molar-refractivity contribution in [2.75, 3.05) is 6.54 Å². The number of imidazole rings is 1. The summed E-state index contributed by atoms with van der Waals surface area (Å²) in [4.78, 5) is 23.2. The summed E-state index contributed by atoms with van der Waals surface area (Å²) in [5.74, 6) is 1.73. The largest absolute Gasteiger partial charge is 0.488 e. The molecule has 1 aromatic heterocycles. The van der Waals surface area contributed by atoms with Gasteiger partial charge in [-0.3, -0.25) is 4.90 Å². The van der Waals surface area contributed by atoms with Crippen LogP contribution in [0.3, 0.4) is 0 Å². The Morgan fingerprint density at radius 1 is 1.15 bits per heavy atom. The summed E-state index contributed by atoms with van der Waals surface area (Å²) in [7, 11) is 5.98. The molecule has 1 atom stereocenters. The van der Waals surface area contributed by atoms with Crippen molar-refractivity contribution in [3.63, 3.8) is 0 Å². The summed E-state index contributed by atoms with van der Waals surface area (Å²) in [6.07, 6.45) is 3.37. The molecule has 7 heteroatoms. The van der Waals surface area contributed by atoms with E-state index in [0.717, 1.165) is 70.8 Å². The lowest BCUT2D eigenvalue weighted by Gasteiger charge is -2.27. The monoisotopic (exact) mass is 453 g/mol. The first-order chi connectivity index (χ1) is 16.3. The molecule has 1 amide bonds. The summed E-state index contributed by atoms with van der Waals surface area (Å²) in [5, 5.41) is 0. The average molecular weight is 453 g/mol. The molecule has 0 bridgehead atoms. The number of aromatic nitrogens is 2. The molecule has 1 saturated heterocycles. The third-order valence-electron chi connectivity index (χ3n) is 6.90. The van der Waals surface area contributed by atoms with Crippen molar-refractivity contribution < 1.29 is 14.3 Å². The number of likely N-dealkylation sites (tertiary alicyclic amines) is 1. The topological polar surface area (TPSA) is 67.5 Å². The molecule has 0 saturated carbocycles. The molecule has 2 radical (unpaired) electrons. The van der Waals surface area contributed by atoms with E-state index in [-0.39, 0.29) is 12.1 Å². The lowest BCUT2D eigenvalue weighted by molar-refractivity contribution is 0.0218. The van der Waals surface area contributed by atoms with Crippen LogP contribution < -0.4 is 10.2 Å². The van der Waals surface area contributed by atoms with Crippen molar-refractivity contribution in [1.82, 2.24) is 14.9 Å².